The van der Waals surface area contributed by atoms with Gasteiger partial charge in [-0.25, -0.2) is 9.78 Å². The summed E-state index contributed by atoms with van der Waals surface area (Å²) in [6, 6.07) is 5.86. The van der Waals surface area contributed by atoms with Crippen LogP contribution in [0.25, 0.3) is 39.3 Å². The lowest BCUT2D eigenvalue weighted by Crippen LogP contribution is -2.32. The normalized spacial score (nSPS) is 15.9. The Morgan fingerprint density at radius 1 is 1.00 bits per heavy atom. The zero-order valence-corrected chi connectivity index (χ0v) is 29.4. The molecule has 2 unspecified atom stereocenters. The van der Waals surface area contributed by atoms with E-state index in [1.807, 2.05) is 64.0 Å². The molecule has 0 radical (unpaired) electrons. The number of hydrogen-bond donors (Lipinski definition) is 5. The molecule has 11 nitrogen and oxygen atoms in total. The van der Waals surface area contributed by atoms with Crippen molar-refractivity contribution >= 4 is 57.1 Å². The Balaban J connectivity index is 1.96. The number of aryl methyl sites for hydroxylation is 2. The van der Waals surface area contributed by atoms with Gasteiger partial charge < -0.3 is 30.4 Å². The van der Waals surface area contributed by atoms with E-state index < -0.39 is 11.9 Å². The monoisotopic (exact) mass is 666 g/mol. The number of aromatic nitrogens is 4. The molecule has 11 heteroatoms. The molecule has 0 spiro atoms. The molecule has 49 heavy (non-hydrogen) atoms. The molecule has 2 atom stereocenters. The van der Waals surface area contributed by atoms with Gasteiger partial charge in [-0.15, -0.1) is 0 Å². The number of fused-ring (bicyclic) bond motifs is 8. The standard InChI is InChI=1S/C38H46N6O5/c1-9-23-19(3)27-16-29-21(5)25(11-12-34(46)47)36(42-29)26(15-33(45)39-13-14-44(7)8)37-35(38(48)49)22(6)30(43-37)18-32-24(10-2)20(4)28(41-32)17-31(23)40-27/h9,16-18,21,25,40,43H,1,10-15H2,2-8H3,(H,39,45)(H,46,47)(H,48,49). The molecule has 0 fully saturated rings. The quantitative estimate of drug-likeness (QED) is 0.153. The van der Waals surface area contributed by atoms with E-state index in [9.17, 15) is 24.6 Å². The van der Waals surface area contributed by atoms with Gasteiger partial charge in [0.1, 0.15) is 0 Å². The Hall–Kier alpha value is -5.03. The summed E-state index contributed by atoms with van der Waals surface area (Å²) in [6.07, 6.45) is 2.55. The fraction of sp³-hybridized carbons (Fsp3) is 0.395. The minimum Gasteiger partial charge on any atom is -0.481 e. The molecule has 1 amide bonds. The molecule has 0 aromatic carbocycles. The lowest BCUT2D eigenvalue weighted by Gasteiger charge is -2.18. The lowest BCUT2D eigenvalue weighted by molar-refractivity contribution is -0.137. The summed E-state index contributed by atoms with van der Waals surface area (Å²) in [5.41, 5.74) is 10.3. The number of nitrogens with one attached hydrogen (secondary N) is 3. The Morgan fingerprint density at radius 2 is 1.69 bits per heavy atom. The van der Waals surface area contributed by atoms with E-state index in [4.69, 9.17) is 9.97 Å². The van der Waals surface area contributed by atoms with E-state index in [-0.39, 0.29) is 42.6 Å². The highest BCUT2D eigenvalue weighted by Gasteiger charge is 2.33. The van der Waals surface area contributed by atoms with Crippen molar-refractivity contribution in [2.24, 2.45) is 0 Å². The summed E-state index contributed by atoms with van der Waals surface area (Å²) in [5, 5.41) is 23.3. The van der Waals surface area contributed by atoms with Crippen molar-refractivity contribution in [3.63, 3.8) is 0 Å². The number of aromatic amines is 2. The third-order valence-electron chi connectivity index (χ3n) is 9.84. The highest BCUT2D eigenvalue weighted by molar-refractivity contribution is 6.03. The van der Waals surface area contributed by atoms with Gasteiger partial charge in [-0.2, -0.15) is 0 Å². The van der Waals surface area contributed by atoms with Gasteiger partial charge in [0.25, 0.3) is 0 Å². The fourth-order valence-corrected chi connectivity index (χ4v) is 7.02. The number of carboxylic acid groups (broad SMARTS) is 2. The number of nitrogens with zero attached hydrogens (tertiary/aromatic N) is 3. The predicted molar refractivity (Wildman–Crippen MR) is 194 cm³/mol. The molecule has 5 rings (SSSR count). The van der Waals surface area contributed by atoms with Crippen molar-refractivity contribution in [1.29, 1.82) is 0 Å². The number of allylic oxidation sites excluding steroid dienone is 2. The van der Waals surface area contributed by atoms with E-state index in [1.165, 1.54) is 0 Å². The maximum absolute atomic E-state index is 13.6. The zero-order valence-electron chi connectivity index (χ0n) is 29.4. The average molecular weight is 667 g/mol. The van der Waals surface area contributed by atoms with Crippen LogP contribution in [0, 0.1) is 13.8 Å². The second-order valence-corrected chi connectivity index (χ2v) is 13.2. The molecule has 0 saturated carbocycles. The number of aromatic carboxylic acids is 1. The first-order valence-corrected chi connectivity index (χ1v) is 16.7. The number of H-pyrrole nitrogens is 2. The highest BCUT2D eigenvalue weighted by Crippen LogP contribution is 2.43. The first-order chi connectivity index (χ1) is 23.2. The smallest absolute Gasteiger partial charge is 0.338 e. The topological polar surface area (TPSA) is 164 Å². The SMILES string of the molecule is C=Cc1c(C)c2cc3nc(c(CC(=O)NCCN(C)C)c4[nH]c(cc5nc(cc1[nH]2)C(C)=C5CC)c(C)c4C(=O)O)C(CCC(=O)O)C3C. The third-order valence-corrected chi connectivity index (χ3v) is 9.84. The number of hydrogen-bond acceptors (Lipinski definition) is 6. The summed E-state index contributed by atoms with van der Waals surface area (Å²) in [4.78, 5) is 57.4. The highest BCUT2D eigenvalue weighted by atomic mass is 16.4. The number of amides is 1. The predicted octanol–water partition coefficient (Wildman–Crippen LogP) is 6.59. The number of carbonyl (C=O) groups excluding carboxylic acids is 1. The summed E-state index contributed by atoms with van der Waals surface area (Å²) in [6.45, 7) is 15.0. The molecular weight excluding hydrogens is 620 g/mol. The van der Waals surface area contributed by atoms with E-state index in [1.54, 1.807) is 6.92 Å². The van der Waals surface area contributed by atoms with Crippen LogP contribution in [0.2, 0.25) is 0 Å². The van der Waals surface area contributed by atoms with Gasteiger partial charge in [-0.3, -0.25) is 14.6 Å². The Morgan fingerprint density at radius 3 is 2.33 bits per heavy atom. The second-order valence-electron chi connectivity index (χ2n) is 13.2. The van der Waals surface area contributed by atoms with E-state index in [2.05, 4.69) is 28.8 Å². The van der Waals surface area contributed by atoms with Crippen LogP contribution in [0.1, 0.15) is 107 Å². The maximum atomic E-state index is 13.6. The summed E-state index contributed by atoms with van der Waals surface area (Å²) in [7, 11) is 3.83. The zero-order chi connectivity index (χ0) is 35.7. The largest absolute Gasteiger partial charge is 0.481 e. The van der Waals surface area contributed by atoms with Crippen LogP contribution >= 0.6 is 0 Å². The van der Waals surface area contributed by atoms with E-state index in [0.717, 1.165) is 51.1 Å². The van der Waals surface area contributed by atoms with Gasteiger partial charge in [0.05, 0.1) is 34.6 Å². The molecule has 3 aromatic heterocycles. The number of carbonyl (C=O) groups is 3. The van der Waals surface area contributed by atoms with Gasteiger partial charge in [0, 0.05) is 64.7 Å². The van der Waals surface area contributed by atoms with Crippen LogP contribution in [0.4, 0.5) is 0 Å². The van der Waals surface area contributed by atoms with E-state index in [0.29, 0.717) is 46.6 Å². The van der Waals surface area contributed by atoms with Gasteiger partial charge in [0.2, 0.25) is 5.91 Å². The summed E-state index contributed by atoms with van der Waals surface area (Å²) >= 11 is 0. The lowest BCUT2D eigenvalue weighted by atomic mass is 9.85. The molecular formula is C38H46N6O5. The summed E-state index contributed by atoms with van der Waals surface area (Å²) < 4.78 is 0. The van der Waals surface area contributed by atoms with Crippen molar-refractivity contribution in [1.82, 2.24) is 30.2 Å². The van der Waals surface area contributed by atoms with Gasteiger partial charge in [0.15, 0.2) is 0 Å². The van der Waals surface area contributed by atoms with Crippen molar-refractivity contribution < 1.29 is 24.6 Å². The minimum atomic E-state index is -1.14. The molecule has 2 aliphatic rings. The molecule has 0 saturated heterocycles. The molecule has 0 aliphatic carbocycles. The van der Waals surface area contributed by atoms with Crippen LogP contribution < -0.4 is 5.32 Å². The third kappa shape index (κ3) is 6.94. The molecule has 3 aromatic rings. The number of rotatable bonds is 11. The summed E-state index contributed by atoms with van der Waals surface area (Å²) in [5.74, 6) is -2.97. The second kappa shape index (κ2) is 14.2. The minimum absolute atomic E-state index is 0.0459. The number of carboxylic acids is 2. The molecule has 258 valence electrons. The Kier molecular flexibility index (Phi) is 10.2. The van der Waals surface area contributed by atoms with E-state index >= 15 is 0 Å². The average Bonchev–Trinajstić information content (AvgIpc) is 3.71. The van der Waals surface area contributed by atoms with Crippen molar-refractivity contribution in [3.05, 3.63) is 75.4 Å². The van der Waals surface area contributed by atoms with Gasteiger partial charge in [-0.1, -0.05) is 26.5 Å². The first-order valence-electron chi connectivity index (χ1n) is 16.7. The Labute approximate surface area is 286 Å². The van der Waals surface area contributed by atoms with Crippen molar-refractivity contribution in [3.8, 4) is 0 Å². The van der Waals surface area contributed by atoms with Gasteiger partial charge in [-0.05, 0) is 88.2 Å². The molecule has 8 bridgehead atoms. The van der Waals surface area contributed by atoms with Crippen molar-refractivity contribution in [2.75, 3.05) is 27.2 Å². The molecule has 5 heterocycles. The fourth-order valence-electron chi connectivity index (χ4n) is 7.02. The van der Waals surface area contributed by atoms with Crippen LogP contribution in [0.5, 0.6) is 0 Å². The van der Waals surface area contributed by atoms with Crippen LogP contribution in [-0.2, 0) is 16.0 Å². The molecule has 2 aliphatic heterocycles. The van der Waals surface area contributed by atoms with Gasteiger partial charge >= 0.3 is 11.9 Å². The maximum Gasteiger partial charge on any atom is 0.338 e. The molecule has 5 N–H and O–H groups in total. The van der Waals surface area contributed by atoms with Crippen molar-refractivity contribution in [2.45, 2.75) is 72.1 Å². The van der Waals surface area contributed by atoms with Crippen LogP contribution in [0.3, 0.4) is 0 Å². The number of likely N-dealkylation sites (N-methyl/N-ethyl adjacent to an activating group) is 1. The first kappa shape index (κ1) is 35.3. The number of aliphatic carboxylic acids is 1. The van der Waals surface area contributed by atoms with Crippen LogP contribution in [-0.4, -0.2) is 80.1 Å². The van der Waals surface area contributed by atoms with Crippen LogP contribution in [0.15, 0.2) is 24.8 Å². The Bertz CT molecular complexity index is 2050.